The lowest BCUT2D eigenvalue weighted by Crippen LogP contribution is -2.11. The average molecular weight is 977 g/mol. The molecule has 6 aromatic rings. The third-order valence-corrected chi connectivity index (χ3v) is 9.83. The van der Waals surface area contributed by atoms with E-state index in [2.05, 4.69) is 76.2 Å². The summed E-state index contributed by atoms with van der Waals surface area (Å²) in [7, 11) is 0. The second-order valence-electron chi connectivity index (χ2n) is 15.0. The van der Waals surface area contributed by atoms with Crippen LogP contribution in [0, 0.1) is 73.1 Å². The standard InChI is InChI=1S/C10H8F6.C9H8F4.2C9H12.C8H7F3.C8H8F2/c1-2-6-3-7(9(11,12)13)5-8(4-6)10(14,15)16;1-3-5-8(12)6(10)4(2)7(11)9(5)13;2*1-3-9-6-4-8(2)5-7-9;1-2-6-7(10)3-5(9)4-8(6)11;1-2-6-3-7(9)5-8(10)4-6/h3-5H,2H2,1H3;3H2,1-2H3;2*4-7H,3H2,1-2H3;3-4H,2H2,1H3;3-5H,2H2,1H3. The van der Waals surface area contributed by atoms with Gasteiger partial charge in [0.05, 0.1) is 11.1 Å². The molecule has 0 bridgehead atoms. The molecule has 68 heavy (non-hydrogen) atoms. The molecule has 0 saturated carbocycles. The largest absolute Gasteiger partial charge is 0.416 e. The minimum Gasteiger partial charge on any atom is -0.207 e. The molecule has 0 saturated heterocycles. The molecule has 0 atom stereocenters. The van der Waals surface area contributed by atoms with Gasteiger partial charge in [0.25, 0.3) is 0 Å². The van der Waals surface area contributed by atoms with Crippen molar-refractivity contribution in [3.05, 3.63) is 211 Å². The van der Waals surface area contributed by atoms with E-state index in [1.54, 1.807) is 6.92 Å². The fraction of sp³-hybridized carbons (Fsp3) is 0.321. The summed E-state index contributed by atoms with van der Waals surface area (Å²) < 4.78 is 188. The summed E-state index contributed by atoms with van der Waals surface area (Å²) in [6, 6.07) is 23.8. The molecule has 0 nitrogen and oxygen atoms in total. The van der Waals surface area contributed by atoms with Crippen LogP contribution in [-0.2, 0) is 50.9 Å². The summed E-state index contributed by atoms with van der Waals surface area (Å²) in [4.78, 5) is 0. The zero-order chi connectivity index (χ0) is 52.1. The van der Waals surface area contributed by atoms with E-state index in [9.17, 15) is 65.9 Å². The van der Waals surface area contributed by atoms with Crippen LogP contribution in [0.5, 0.6) is 0 Å². The van der Waals surface area contributed by atoms with Crippen LogP contribution in [0.25, 0.3) is 0 Å². The van der Waals surface area contributed by atoms with Crippen molar-refractivity contribution in [3.63, 3.8) is 0 Å². The fourth-order valence-electron chi connectivity index (χ4n) is 5.69. The molecule has 15 heteroatoms. The second kappa shape index (κ2) is 28.6. The van der Waals surface area contributed by atoms with Crippen molar-refractivity contribution in [1.82, 2.24) is 0 Å². The van der Waals surface area contributed by atoms with E-state index in [4.69, 9.17) is 0 Å². The zero-order valence-electron chi connectivity index (χ0n) is 39.1. The topological polar surface area (TPSA) is 0 Å². The maximum Gasteiger partial charge on any atom is 0.416 e. The second-order valence-corrected chi connectivity index (χ2v) is 15.0. The van der Waals surface area contributed by atoms with E-state index in [0.717, 1.165) is 38.0 Å². The predicted molar refractivity (Wildman–Crippen MR) is 239 cm³/mol. The maximum atomic E-state index is 12.9. The number of aryl methyl sites for hydroxylation is 6. The first-order valence-electron chi connectivity index (χ1n) is 21.5. The third-order valence-electron chi connectivity index (χ3n) is 9.83. The minimum absolute atomic E-state index is 0.0159. The van der Waals surface area contributed by atoms with E-state index in [-0.39, 0.29) is 36.5 Å². The summed E-state index contributed by atoms with van der Waals surface area (Å²) in [6.07, 6.45) is -6.30. The fourth-order valence-corrected chi connectivity index (χ4v) is 5.69. The Kier molecular flexibility index (Phi) is 25.3. The van der Waals surface area contributed by atoms with Gasteiger partial charge >= 0.3 is 12.4 Å². The molecule has 0 aliphatic heterocycles. The highest BCUT2D eigenvalue weighted by Gasteiger charge is 2.36. The van der Waals surface area contributed by atoms with Crippen molar-refractivity contribution in [2.24, 2.45) is 0 Å². The first kappa shape index (κ1) is 60.3. The monoisotopic (exact) mass is 976 g/mol. The van der Waals surface area contributed by atoms with E-state index in [1.807, 2.05) is 6.92 Å². The SMILES string of the molecule is CCc1c(F)c(F)c(C)c(F)c1F.CCc1c(F)cc(F)cc1F.CCc1cc(C(F)(F)F)cc(C(F)(F)F)c1.CCc1cc(F)cc(F)c1.CCc1ccc(C)cc1.CCc1ccc(C)cc1. The molecule has 0 fully saturated rings. The van der Waals surface area contributed by atoms with Crippen LogP contribution in [0.1, 0.15) is 103 Å². The smallest absolute Gasteiger partial charge is 0.207 e. The van der Waals surface area contributed by atoms with Crippen LogP contribution >= 0.6 is 0 Å². The van der Waals surface area contributed by atoms with E-state index < -0.39 is 87.0 Å². The van der Waals surface area contributed by atoms with E-state index >= 15 is 0 Å². The van der Waals surface area contributed by atoms with Gasteiger partial charge in [-0.25, -0.2) is 39.5 Å². The van der Waals surface area contributed by atoms with Crippen LogP contribution < -0.4 is 0 Å². The Hall–Kier alpha value is -5.73. The lowest BCUT2D eigenvalue weighted by molar-refractivity contribution is -0.143. The minimum atomic E-state index is -4.76. The number of benzene rings is 6. The highest BCUT2D eigenvalue weighted by molar-refractivity contribution is 5.34. The van der Waals surface area contributed by atoms with Gasteiger partial charge in [0.15, 0.2) is 23.3 Å². The Bertz CT molecular complexity index is 2300. The lowest BCUT2D eigenvalue weighted by Gasteiger charge is -2.13. The molecule has 0 radical (unpaired) electrons. The summed E-state index contributed by atoms with van der Waals surface area (Å²) >= 11 is 0. The molecule has 372 valence electrons. The van der Waals surface area contributed by atoms with Gasteiger partial charge in [0.2, 0.25) is 0 Å². The molecular formula is C53H55F15. The van der Waals surface area contributed by atoms with Crippen molar-refractivity contribution in [3.8, 4) is 0 Å². The molecule has 0 unspecified atom stereocenters. The number of rotatable bonds is 6. The van der Waals surface area contributed by atoms with Gasteiger partial charge in [-0.3, -0.25) is 0 Å². The van der Waals surface area contributed by atoms with Crippen molar-refractivity contribution >= 4 is 0 Å². The molecule has 0 aromatic heterocycles. The third kappa shape index (κ3) is 20.2. The number of hydrogen-bond acceptors (Lipinski definition) is 0. The number of hydrogen-bond donors (Lipinski definition) is 0. The predicted octanol–water partition coefficient (Wildman–Crippen LogP) is 17.7. The van der Waals surface area contributed by atoms with Gasteiger partial charge < -0.3 is 0 Å². The average Bonchev–Trinajstić information content (AvgIpc) is 3.28. The normalized spacial score (nSPS) is 10.7. The van der Waals surface area contributed by atoms with Gasteiger partial charge in [-0.15, -0.1) is 0 Å². The molecule has 0 amide bonds. The van der Waals surface area contributed by atoms with Gasteiger partial charge in [-0.2, -0.15) is 26.3 Å². The Balaban J connectivity index is 0.000000413. The Morgan fingerprint density at radius 1 is 0.324 bits per heavy atom. The van der Waals surface area contributed by atoms with Crippen molar-refractivity contribution in [2.75, 3.05) is 0 Å². The summed E-state index contributed by atoms with van der Waals surface area (Å²) in [5, 5.41) is 0. The van der Waals surface area contributed by atoms with Gasteiger partial charge in [0.1, 0.15) is 29.1 Å². The first-order chi connectivity index (χ1) is 31.7. The van der Waals surface area contributed by atoms with Crippen LogP contribution in [0.15, 0.2) is 97.1 Å². The Morgan fingerprint density at radius 3 is 0.926 bits per heavy atom. The molecule has 6 aromatic carbocycles. The van der Waals surface area contributed by atoms with Crippen LogP contribution in [-0.4, -0.2) is 0 Å². The van der Waals surface area contributed by atoms with Crippen LogP contribution in [0.2, 0.25) is 0 Å². The van der Waals surface area contributed by atoms with Crippen LogP contribution in [0.3, 0.4) is 0 Å². The van der Waals surface area contributed by atoms with Crippen molar-refractivity contribution in [1.29, 1.82) is 0 Å². The lowest BCUT2D eigenvalue weighted by atomic mass is 10.0. The van der Waals surface area contributed by atoms with Crippen molar-refractivity contribution < 1.29 is 65.9 Å². The van der Waals surface area contributed by atoms with Gasteiger partial charge in [-0.05, 0) is 112 Å². The molecule has 0 aliphatic rings. The highest BCUT2D eigenvalue weighted by atomic mass is 19.4. The van der Waals surface area contributed by atoms with Gasteiger partial charge in [-0.1, -0.05) is 101 Å². The highest BCUT2D eigenvalue weighted by Crippen LogP contribution is 2.36. The molecule has 0 aliphatic carbocycles. The summed E-state index contributed by atoms with van der Waals surface area (Å²) in [5.41, 5.74) is 2.47. The maximum absolute atomic E-state index is 12.9. The van der Waals surface area contributed by atoms with E-state index in [1.165, 1.54) is 48.2 Å². The first-order valence-corrected chi connectivity index (χ1v) is 21.5. The molecular weight excluding hydrogens is 922 g/mol. The molecule has 0 spiro atoms. The molecule has 0 N–H and O–H groups in total. The van der Waals surface area contributed by atoms with E-state index in [0.29, 0.717) is 24.1 Å². The Labute approximate surface area is 388 Å². The summed E-state index contributed by atoms with van der Waals surface area (Å²) in [5.74, 6) is -8.72. The van der Waals surface area contributed by atoms with Crippen molar-refractivity contribution in [2.45, 2.75) is 113 Å². The molecule has 0 heterocycles. The molecule has 6 rings (SSSR count). The Morgan fingerprint density at radius 2 is 0.632 bits per heavy atom. The quantitative estimate of drug-likeness (QED) is 0.115. The number of alkyl halides is 6. The number of halogens is 15. The zero-order valence-corrected chi connectivity index (χ0v) is 39.1. The van der Waals surface area contributed by atoms with Gasteiger partial charge in [0, 0.05) is 34.9 Å². The summed E-state index contributed by atoms with van der Waals surface area (Å²) in [6.45, 7) is 15.9. The van der Waals surface area contributed by atoms with Crippen LogP contribution in [0.4, 0.5) is 65.9 Å².